The van der Waals surface area contributed by atoms with Gasteiger partial charge in [-0.2, -0.15) is 5.26 Å². The molecule has 0 amide bonds. The number of hydrogen-bond donors (Lipinski definition) is 0. The van der Waals surface area contributed by atoms with E-state index in [0.29, 0.717) is 23.5 Å². The first-order chi connectivity index (χ1) is 11.8. The first-order valence-corrected chi connectivity index (χ1v) is 7.69. The van der Waals surface area contributed by atoms with E-state index in [0.717, 1.165) is 11.1 Å². The largest absolute Gasteiger partial charge is 0.488 e. The Morgan fingerprint density at radius 2 is 1.58 bits per heavy atom. The van der Waals surface area contributed by atoms with Crippen LogP contribution < -0.4 is 4.74 Å². The summed E-state index contributed by atoms with van der Waals surface area (Å²) in [5.74, 6) is 0.293. The van der Waals surface area contributed by atoms with E-state index >= 15 is 0 Å². The summed E-state index contributed by atoms with van der Waals surface area (Å²) in [6.07, 6.45) is 0.250. The lowest BCUT2D eigenvalue weighted by atomic mass is 10.0. The number of rotatable bonds is 5. The van der Waals surface area contributed by atoms with Crippen LogP contribution in [0.15, 0.2) is 72.8 Å². The Labute approximate surface area is 140 Å². The van der Waals surface area contributed by atoms with Gasteiger partial charge in [0.15, 0.2) is 0 Å². The van der Waals surface area contributed by atoms with Crippen LogP contribution in [0.3, 0.4) is 0 Å². The maximum Gasteiger partial charge on any atom is 0.131 e. The van der Waals surface area contributed by atoms with Gasteiger partial charge in [0, 0.05) is 11.1 Å². The van der Waals surface area contributed by atoms with E-state index in [2.05, 4.69) is 6.07 Å². The maximum absolute atomic E-state index is 14.3. The molecule has 0 bridgehead atoms. The van der Waals surface area contributed by atoms with Crippen LogP contribution >= 0.6 is 0 Å². The highest BCUT2D eigenvalue weighted by Crippen LogP contribution is 2.33. The number of hydrogen-bond acceptors (Lipinski definition) is 2. The first kappa shape index (κ1) is 15.8. The van der Waals surface area contributed by atoms with Gasteiger partial charge in [-0.15, -0.1) is 0 Å². The van der Waals surface area contributed by atoms with Gasteiger partial charge in [-0.3, -0.25) is 0 Å². The molecule has 0 atom stereocenters. The van der Waals surface area contributed by atoms with Crippen LogP contribution in [0.4, 0.5) is 4.39 Å². The predicted molar refractivity (Wildman–Crippen MR) is 91.9 cm³/mol. The average Bonchev–Trinajstić information content (AvgIpc) is 2.63. The van der Waals surface area contributed by atoms with Gasteiger partial charge in [0.1, 0.15) is 18.2 Å². The summed E-state index contributed by atoms with van der Waals surface area (Å²) in [5, 5.41) is 8.85. The SMILES string of the molecule is N#CCc1ccc(F)c(-c2ccccc2OCc2ccccc2)c1. The molecule has 0 N–H and O–H groups in total. The molecule has 24 heavy (non-hydrogen) atoms. The Morgan fingerprint density at radius 3 is 2.38 bits per heavy atom. The van der Waals surface area contributed by atoms with Crippen molar-refractivity contribution < 1.29 is 9.13 Å². The van der Waals surface area contributed by atoms with Gasteiger partial charge in [-0.05, 0) is 29.3 Å². The molecule has 3 aromatic rings. The normalized spacial score (nSPS) is 10.2. The summed E-state index contributed by atoms with van der Waals surface area (Å²) < 4.78 is 20.2. The van der Waals surface area contributed by atoms with E-state index in [1.54, 1.807) is 12.1 Å². The van der Waals surface area contributed by atoms with Crippen LogP contribution in [0, 0.1) is 17.1 Å². The van der Waals surface area contributed by atoms with Gasteiger partial charge in [0.05, 0.1) is 12.5 Å². The summed E-state index contributed by atoms with van der Waals surface area (Å²) in [5.41, 5.74) is 2.97. The molecule has 3 heteroatoms. The zero-order valence-electron chi connectivity index (χ0n) is 13.1. The van der Waals surface area contributed by atoms with Crippen LogP contribution in [0.2, 0.25) is 0 Å². The molecule has 3 aromatic carbocycles. The van der Waals surface area contributed by atoms with Gasteiger partial charge in [-0.1, -0.05) is 54.6 Å². The molecule has 0 radical (unpaired) electrons. The number of nitriles is 1. The van der Waals surface area contributed by atoms with E-state index in [-0.39, 0.29) is 12.2 Å². The molecule has 0 aliphatic carbocycles. The monoisotopic (exact) mass is 317 g/mol. The Morgan fingerprint density at radius 1 is 0.833 bits per heavy atom. The highest BCUT2D eigenvalue weighted by atomic mass is 19.1. The van der Waals surface area contributed by atoms with E-state index < -0.39 is 0 Å². The molecule has 0 fully saturated rings. The fourth-order valence-corrected chi connectivity index (χ4v) is 2.53. The molecule has 3 rings (SSSR count). The lowest BCUT2D eigenvalue weighted by molar-refractivity contribution is 0.307. The van der Waals surface area contributed by atoms with Crippen molar-refractivity contribution >= 4 is 0 Å². The lowest BCUT2D eigenvalue weighted by Crippen LogP contribution is -1.98. The van der Waals surface area contributed by atoms with Crippen molar-refractivity contribution in [2.75, 3.05) is 0 Å². The van der Waals surface area contributed by atoms with Gasteiger partial charge >= 0.3 is 0 Å². The molecular formula is C21H16FNO. The molecule has 0 spiro atoms. The Hall–Kier alpha value is -3.12. The van der Waals surface area contributed by atoms with Crippen LogP contribution in [0.25, 0.3) is 11.1 Å². The van der Waals surface area contributed by atoms with E-state index in [9.17, 15) is 4.39 Å². The van der Waals surface area contributed by atoms with Crippen LogP contribution in [0.5, 0.6) is 5.75 Å². The molecule has 0 saturated carbocycles. The number of ether oxygens (including phenoxy) is 1. The smallest absolute Gasteiger partial charge is 0.131 e. The zero-order chi connectivity index (χ0) is 16.8. The number of benzene rings is 3. The van der Waals surface area contributed by atoms with Gasteiger partial charge in [0.2, 0.25) is 0 Å². The van der Waals surface area contributed by atoms with E-state index in [4.69, 9.17) is 10.00 Å². The van der Waals surface area contributed by atoms with Crippen LogP contribution in [-0.4, -0.2) is 0 Å². The molecule has 0 saturated heterocycles. The number of halogens is 1. The first-order valence-electron chi connectivity index (χ1n) is 7.69. The topological polar surface area (TPSA) is 33.0 Å². The third kappa shape index (κ3) is 3.61. The minimum atomic E-state index is -0.326. The zero-order valence-corrected chi connectivity index (χ0v) is 13.1. The summed E-state index contributed by atoms with van der Waals surface area (Å²) in [6, 6.07) is 24.0. The third-order valence-corrected chi connectivity index (χ3v) is 3.73. The average molecular weight is 317 g/mol. The number of nitrogens with zero attached hydrogens (tertiary/aromatic N) is 1. The van der Waals surface area contributed by atoms with E-state index in [1.807, 2.05) is 54.6 Å². The summed E-state index contributed by atoms with van der Waals surface area (Å²) in [6.45, 7) is 0.414. The third-order valence-electron chi connectivity index (χ3n) is 3.73. The minimum absolute atomic E-state index is 0.250. The Balaban J connectivity index is 1.92. The molecular weight excluding hydrogens is 301 g/mol. The van der Waals surface area contributed by atoms with Crippen molar-refractivity contribution in [1.29, 1.82) is 5.26 Å². The second-order valence-electron chi connectivity index (χ2n) is 5.42. The molecule has 2 nitrogen and oxygen atoms in total. The predicted octanol–water partition coefficient (Wildman–Crippen LogP) is 5.14. The lowest BCUT2D eigenvalue weighted by Gasteiger charge is -2.13. The molecule has 0 unspecified atom stereocenters. The molecule has 118 valence electrons. The summed E-state index contributed by atoms with van der Waals surface area (Å²) in [7, 11) is 0. The van der Waals surface area contributed by atoms with E-state index in [1.165, 1.54) is 6.07 Å². The second kappa shape index (κ2) is 7.43. The quantitative estimate of drug-likeness (QED) is 0.653. The van der Waals surface area contributed by atoms with Gasteiger partial charge in [-0.25, -0.2) is 4.39 Å². The summed E-state index contributed by atoms with van der Waals surface area (Å²) in [4.78, 5) is 0. The highest BCUT2D eigenvalue weighted by Gasteiger charge is 2.11. The Kier molecular flexibility index (Phi) is 4.88. The molecule has 0 aliphatic heterocycles. The van der Waals surface area contributed by atoms with Crippen molar-refractivity contribution in [2.24, 2.45) is 0 Å². The number of para-hydroxylation sites is 1. The summed E-state index contributed by atoms with van der Waals surface area (Å²) >= 11 is 0. The molecule has 0 aliphatic rings. The Bertz CT molecular complexity index is 869. The van der Waals surface area contributed by atoms with Crippen molar-refractivity contribution in [3.8, 4) is 22.9 Å². The van der Waals surface area contributed by atoms with Crippen LogP contribution in [-0.2, 0) is 13.0 Å². The van der Waals surface area contributed by atoms with Gasteiger partial charge in [0.25, 0.3) is 0 Å². The fourth-order valence-electron chi connectivity index (χ4n) is 2.53. The van der Waals surface area contributed by atoms with Crippen LogP contribution in [0.1, 0.15) is 11.1 Å². The van der Waals surface area contributed by atoms with Gasteiger partial charge < -0.3 is 4.74 Å². The standard InChI is InChI=1S/C21H16FNO/c22-20-11-10-16(12-13-23)14-19(20)18-8-4-5-9-21(18)24-15-17-6-2-1-3-7-17/h1-11,14H,12,15H2. The van der Waals surface area contributed by atoms with Crippen molar-refractivity contribution in [3.63, 3.8) is 0 Å². The van der Waals surface area contributed by atoms with Crippen molar-refractivity contribution in [2.45, 2.75) is 13.0 Å². The fraction of sp³-hybridized carbons (Fsp3) is 0.0952. The highest BCUT2D eigenvalue weighted by molar-refractivity contribution is 5.71. The molecule has 0 heterocycles. The second-order valence-corrected chi connectivity index (χ2v) is 5.42. The maximum atomic E-state index is 14.3. The minimum Gasteiger partial charge on any atom is -0.488 e. The van der Waals surface area contributed by atoms with Crippen molar-refractivity contribution in [1.82, 2.24) is 0 Å². The van der Waals surface area contributed by atoms with Crippen molar-refractivity contribution in [3.05, 3.63) is 89.7 Å². The molecule has 0 aromatic heterocycles.